The first kappa shape index (κ1) is 15.0. The van der Waals surface area contributed by atoms with Crippen molar-refractivity contribution in [3.05, 3.63) is 30.1 Å². The van der Waals surface area contributed by atoms with E-state index in [1.807, 2.05) is 12.1 Å². The summed E-state index contributed by atoms with van der Waals surface area (Å²) in [6.45, 7) is 6.02. The third-order valence-electron chi connectivity index (χ3n) is 4.41. The van der Waals surface area contributed by atoms with Gasteiger partial charge in [0.05, 0.1) is 5.92 Å². The fraction of sp³-hybridized carbons (Fsp3) is 0.625. The monoisotopic (exact) mass is 276 g/mol. The molecule has 0 bridgehead atoms. The van der Waals surface area contributed by atoms with Gasteiger partial charge in [0.15, 0.2) is 0 Å². The van der Waals surface area contributed by atoms with Gasteiger partial charge in [0.2, 0.25) is 0 Å². The van der Waals surface area contributed by atoms with Gasteiger partial charge >= 0.3 is 5.97 Å². The number of hydrogen-bond acceptors (Lipinski definition) is 3. The van der Waals surface area contributed by atoms with E-state index < -0.39 is 5.97 Å². The Hall–Kier alpha value is -1.42. The smallest absolute Gasteiger partial charge is 0.308 e. The molecule has 1 aliphatic carbocycles. The minimum atomic E-state index is -0.643. The Kier molecular flexibility index (Phi) is 5.12. The lowest BCUT2D eigenvalue weighted by molar-refractivity contribution is -0.146. The Bertz CT molecular complexity index is 435. The van der Waals surface area contributed by atoms with Crippen molar-refractivity contribution in [1.29, 1.82) is 0 Å². The lowest BCUT2D eigenvalue weighted by Crippen LogP contribution is -2.46. The van der Waals surface area contributed by atoms with Crippen LogP contribution in [0.5, 0.6) is 0 Å². The fourth-order valence-electron chi connectivity index (χ4n) is 3.23. The third-order valence-corrected chi connectivity index (χ3v) is 4.41. The fourth-order valence-corrected chi connectivity index (χ4v) is 3.23. The molecule has 0 aromatic carbocycles. The van der Waals surface area contributed by atoms with Crippen LogP contribution in [0.1, 0.15) is 38.7 Å². The van der Waals surface area contributed by atoms with Gasteiger partial charge < -0.3 is 5.11 Å². The molecule has 3 unspecified atom stereocenters. The molecule has 1 fully saturated rings. The molecule has 0 spiro atoms. The van der Waals surface area contributed by atoms with Crippen molar-refractivity contribution in [3.63, 3.8) is 0 Å². The summed E-state index contributed by atoms with van der Waals surface area (Å²) in [7, 11) is 0. The van der Waals surface area contributed by atoms with Crippen molar-refractivity contribution in [2.24, 2.45) is 11.8 Å². The normalized spacial score (nSPS) is 26.6. The molecule has 0 aliphatic heterocycles. The molecule has 0 amide bonds. The highest BCUT2D eigenvalue weighted by Gasteiger charge is 2.36. The van der Waals surface area contributed by atoms with Crippen LogP contribution in [0.3, 0.4) is 0 Å². The zero-order valence-corrected chi connectivity index (χ0v) is 12.3. The van der Waals surface area contributed by atoms with Gasteiger partial charge in [-0.15, -0.1) is 0 Å². The average Bonchev–Trinajstić information content (AvgIpc) is 2.45. The summed E-state index contributed by atoms with van der Waals surface area (Å²) in [5.41, 5.74) is 1.20. The summed E-state index contributed by atoms with van der Waals surface area (Å²) in [6, 6.07) is 4.16. The topological polar surface area (TPSA) is 53.4 Å². The van der Waals surface area contributed by atoms with Crippen molar-refractivity contribution in [2.75, 3.05) is 6.54 Å². The maximum atomic E-state index is 11.5. The number of pyridine rings is 1. The molecule has 1 aliphatic rings. The number of carbonyl (C=O) groups is 1. The Morgan fingerprint density at radius 3 is 2.70 bits per heavy atom. The Morgan fingerprint density at radius 1 is 1.40 bits per heavy atom. The molecule has 0 saturated heterocycles. The summed E-state index contributed by atoms with van der Waals surface area (Å²) >= 11 is 0. The van der Waals surface area contributed by atoms with Crippen LogP contribution in [0.15, 0.2) is 24.5 Å². The van der Waals surface area contributed by atoms with Crippen LogP contribution in [0.2, 0.25) is 0 Å². The van der Waals surface area contributed by atoms with Crippen molar-refractivity contribution in [1.82, 2.24) is 9.88 Å². The molecule has 2 rings (SSSR count). The molecule has 4 heteroatoms. The number of carboxylic acid groups (broad SMARTS) is 1. The minimum absolute atomic E-state index is 0.148. The Morgan fingerprint density at radius 2 is 2.10 bits per heavy atom. The molecule has 1 heterocycles. The van der Waals surface area contributed by atoms with Gasteiger partial charge in [0.25, 0.3) is 0 Å². The molecule has 1 aromatic rings. The largest absolute Gasteiger partial charge is 0.481 e. The molecular weight excluding hydrogens is 252 g/mol. The van der Waals surface area contributed by atoms with Crippen LogP contribution in [-0.4, -0.2) is 33.5 Å². The number of carboxylic acids is 1. The van der Waals surface area contributed by atoms with Crippen LogP contribution in [0, 0.1) is 11.8 Å². The van der Waals surface area contributed by atoms with Gasteiger partial charge in [-0.1, -0.05) is 13.8 Å². The molecule has 110 valence electrons. The average molecular weight is 276 g/mol. The van der Waals surface area contributed by atoms with Crippen LogP contribution < -0.4 is 0 Å². The van der Waals surface area contributed by atoms with Gasteiger partial charge in [-0.25, -0.2) is 0 Å². The van der Waals surface area contributed by atoms with Gasteiger partial charge in [-0.3, -0.25) is 14.7 Å². The maximum Gasteiger partial charge on any atom is 0.308 e. The Labute approximate surface area is 120 Å². The van der Waals surface area contributed by atoms with Crippen LogP contribution in [-0.2, 0) is 11.3 Å². The molecule has 1 N–H and O–H groups in total. The first-order chi connectivity index (χ1) is 9.61. The highest BCUT2D eigenvalue weighted by Crippen LogP contribution is 2.33. The van der Waals surface area contributed by atoms with Crippen LogP contribution >= 0.6 is 0 Å². The van der Waals surface area contributed by atoms with Gasteiger partial charge in [0, 0.05) is 25.0 Å². The summed E-state index contributed by atoms with van der Waals surface area (Å²) in [6.07, 6.45) is 6.40. The summed E-state index contributed by atoms with van der Waals surface area (Å²) < 4.78 is 0. The zero-order valence-electron chi connectivity index (χ0n) is 12.3. The van der Waals surface area contributed by atoms with E-state index >= 15 is 0 Å². The number of aliphatic carboxylic acids is 1. The standard InChI is InChI=1S/C16H24N2O2/c1-3-18(11-13-6-8-17-9-7-13)15-10-12(2)4-5-14(15)16(19)20/h6-9,12,14-15H,3-5,10-11H2,1-2H3,(H,19,20). The molecule has 20 heavy (non-hydrogen) atoms. The lowest BCUT2D eigenvalue weighted by Gasteiger charge is -2.40. The van der Waals surface area contributed by atoms with Gasteiger partial charge in [0.1, 0.15) is 0 Å². The van der Waals surface area contributed by atoms with E-state index in [0.717, 1.165) is 32.4 Å². The molecule has 4 nitrogen and oxygen atoms in total. The van der Waals surface area contributed by atoms with E-state index in [0.29, 0.717) is 5.92 Å². The molecule has 1 aromatic heterocycles. The van der Waals surface area contributed by atoms with Crippen LogP contribution in [0.25, 0.3) is 0 Å². The summed E-state index contributed by atoms with van der Waals surface area (Å²) in [5, 5.41) is 9.47. The minimum Gasteiger partial charge on any atom is -0.481 e. The SMILES string of the molecule is CCN(Cc1ccncc1)C1CC(C)CCC1C(=O)O. The lowest BCUT2D eigenvalue weighted by atomic mass is 9.78. The number of rotatable bonds is 5. The summed E-state index contributed by atoms with van der Waals surface area (Å²) in [5.74, 6) is -0.259. The quantitative estimate of drug-likeness (QED) is 0.898. The van der Waals surface area contributed by atoms with Crippen molar-refractivity contribution in [3.8, 4) is 0 Å². The molecule has 0 radical (unpaired) electrons. The van der Waals surface area contributed by atoms with Crippen molar-refractivity contribution in [2.45, 2.75) is 45.7 Å². The van der Waals surface area contributed by atoms with E-state index in [9.17, 15) is 9.90 Å². The highest BCUT2D eigenvalue weighted by molar-refractivity contribution is 5.71. The van der Waals surface area contributed by atoms with Gasteiger partial charge in [-0.05, 0) is 49.4 Å². The molecule has 3 atom stereocenters. The second-order valence-electron chi connectivity index (χ2n) is 5.85. The first-order valence-electron chi connectivity index (χ1n) is 7.47. The third kappa shape index (κ3) is 3.57. The van der Waals surface area contributed by atoms with E-state index in [2.05, 4.69) is 23.7 Å². The molecular formula is C16H24N2O2. The predicted molar refractivity (Wildman–Crippen MR) is 78.2 cm³/mol. The predicted octanol–water partition coefficient (Wildman–Crippen LogP) is 2.79. The number of aromatic nitrogens is 1. The van der Waals surface area contributed by atoms with E-state index in [1.54, 1.807) is 12.4 Å². The Balaban J connectivity index is 2.12. The number of nitrogens with zero attached hydrogens (tertiary/aromatic N) is 2. The maximum absolute atomic E-state index is 11.5. The van der Waals surface area contributed by atoms with Crippen molar-refractivity contribution >= 4 is 5.97 Å². The van der Waals surface area contributed by atoms with E-state index in [4.69, 9.17) is 0 Å². The van der Waals surface area contributed by atoms with E-state index in [-0.39, 0.29) is 12.0 Å². The second-order valence-corrected chi connectivity index (χ2v) is 5.85. The van der Waals surface area contributed by atoms with Crippen molar-refractivity contribution < 1.29 is 9.90 Å². The number of hydrogen-bond donors (Lipinski definition) is 1. The van der Waals surface area contributed by atoms with E-state index in [1.165, 1.54) is 5.56 Å². The van der Waals surface area contributed by atoms with Gasteiger partial charge in [-0.2, -0.15) is 0 Å². The van der Waals surface area contributed by atoms with Crippen LogP contribution in [0.4, 0.5) is 0 Å². The first-order valence-corrected chi connectivity index (χ1v) is 7.47. The second kappa shape index (κ2) is 6.84. The highest BCUT2D eigenvalue weighted by atomic mass is 16.4. The molecule has 1 saturated carbocycles. The zero-order chi connectivity index (χ0) is 14.5. The summed E-state index contributed by atoms with van der Waals surface area (Å²) in [4.78, 5) is 17.9.